The first-order chi connectivity index (χ1) is 8.19. The summed E-state index contributed by atoms with van der Waals surface area (Å²) in [5.41, 5.74) is 6.96. The van der Waals surface area contributed by atoms with Crippen LogP contribution in [0.25, 0.3) is 0 Å². The van der Waals surface area contributed by atoms with Crippen molar-refractivity contribution < 1.29 is 4.79 Å². The highest BCUT2D eigenvalue weighted by atomic mass is 16.2. The predicted octanol–water partition coefficient (Wildman–Crippen LogP) is 2.16. The lowest BCUT2D eigenvalue weighted by Gasteiger charge is -2.25. The highest BCUT2D eigenvalue weighted by Crippen LogP contribution is 2.07. The molecule has 0 unspecified atom stereocenters. The zero-order valence-electron chi connectivity index (χ0n) is 10.7. The van der Waals surface area contributed by atoms with Gasteiger partial charge in [0.05, 0.1) is 6.04 Å². The molecular formula is C14H22N2O. The normalized spacial score (nSPS) is 12.2. The van der Waals surface area contributed by atoms with E-state index in [2.05, 4.69) is 6.92 Å². The van der Waals surface area contributed by atoms with Gasteiger partial charge < -0.3 is 10.6 Å². The third kappa shape index (κ3) is 4.19. The Bertz CT molecular complexity index is 337. The van der Waals surface area contributed by atoms with E-state index in [9.17, 15) is 4.79 Å². The molecule has 1 aromatic rings. The lowest BCUT2D eigenvalue weighted by Crippen LogP contribution is -2.43. The van der Waals surface area contributed by atoms with Crippen LogP contribution in [0.3, 0.4) is 0 Å². The molecule has 0 aromatic heterocycles. The first kappa shape index (κ1) is 13.7. The minimum Gasteiger partial charge on any atom is -0.337 e. The second kappa shape index (κ2) is 7.07. The Kier molecular flexibility index (Phi) is 5.70. The van der Waals surface area contributed by atoms with Crippen molar-refractivity contribution in [3.8, 4) is 0 Å². The molecule has 1 aromatic carbocycles. The van der Waals surface area contributed by atoms with Gasteiger partial charge in [0.2, 0.25) is 5.91 Å². The van der Waals surface area contributed by atoms with Gasteiger partial charge in [-0.1, -0.05) is 44.2 Å². The first-order valence-corrected chi connectivity index (χ1v) is 6.27. The summed E-state index contributed by atoms with van der Waals surface area (Å²) in [7, 11) is 0. The Morgan fingerprint density at radius 3 is 2.47 bits per heavy atom. The Balaban J connectivity index is 2.69. The van der Waals surface area contributed by atoms with E-state index in [0.717, 1.165) is 18.5 Å². The van der Waals surface area contributed by atoms with Gasteiger partial charge in [-0.3, -0.25) is 4.79 Å². The van der Waals surface area contributed by atoms with E-state index >= 15 is 0 Å². The van der Waals surface area contributed by atoms with Crippen LogP contribution in [0.1, 0.15) is 32.3 Å². The maximum atomic E-state index is 12.1. The number of hydrogen-bond acceptors (Lipinski definition) is 2. The molecule has 1 atom stereocenters. The number of amides is 1. The maximum Gasteiger partial charge on any atom is 0.239 e. The number of rotatable bonds is 6. The van der Waals surface area contributed by atoms with E-state index in [4.69, 9.17) is 5.73 Å². The van der Waals surface area contributed by atoms with Crippen LogP contribution in [0.15, 0.2) is 30.3 Å². The molecule has 0 aliphatic heterocycles. The molecule has 0 bridgehead atoms. The average molecular weight is 234 g/mol. The van der Waals surface area contributed by atoms with Crippen molar-refractivity contribution in [3.63, 3.8) is 0 Å². The fourth-order valence-electron chi connectivity index (χ4n) is 1.75. The van der Waals surface area contributed by atoms with Crippen LogP contribution >= 0.6 is 0 Å². The molecule has 0 heterocycles. The van der Waals surface area contributed by atoms with Gasteiger partial charge in [-0.05, 0) is 18.4 Å². The van der Waals surface area contributed by atoms with Crippen molar-refractivity contribution >= 4 is 5.91 Å². The van der Waals surface area contributed by atoms with Crippen LogP contribution in [0.2, 0.25) is 0 Å². The topological polar surface area (TPSA) is 46.3 Å². The number of carbonyl (C=O) groups excluding carboxylic acids is 1. The molecule has 1 amide bonds. The largest absolute Gasteiger partial charge is 0.337 e. The SMILES string of the molecule is CCCN(Cc1ccccc1)C(=O)[C@H](N)CC. The highest BCUT2D eigenvalue weighted by molar-refractivity contribution is 5.81. The van der Waals surface area contributed by atoms with Crippen LogP contribution in [-0.4, -0.2) is 23.4 Å². The van der Waals surface area contributed by atoms with Gasteiger partial charge in [-0.25, -0.2) is 0 Å². The Morgan fingerprint density at radius 2 is 1.94 bits per heavy atom. The number of benzene rings is 1. The van der Waals surface area contributed by atoms with Crippen molar-refractivity contribution in [1.29, 1.82) is 0 Å². The molecule has 0 saturated carbocycles. The fraction of sp³-hybridized carbons (Fsp3) is 0.500. The second-order valence-corrected chi connectivity index (χ2v) is 4.26. The Labute approximate surface area is 104 Å². The summed E-state index contributed by atoms with van der Waals surface area (Å²) in [6.45, 7) is 5.43. The Hall–Kier alpha value is -1.35. The third-order valence-electron chi connectivity index (χ3n) is 2.78. The number of nitrogens with two attached hydrogens (primary N) is 1. The van der Waals surface area contributed by atoms with Crippen molar-refractivity contribution in [3.05, 3.63) is 35.9 Å². The summed E-state index contributed by atoms with van der Waals surface area (Å²) in [6, 6.07) is 9.66. The van der Waals surface area contributed by atoms with Crippen molar-refractivity contribution in [2.24, 2.45) is 5.73 Å². The summed E-state index contributed by atoms with van der Waals surface area (Å²) >= 11 is 0. The molecule has 1 rings (SSSR count). The van der Waals surface area contributed by atoms with E-state index in [-0.39, 0.29) is 11.9 Å². The van der Waals surface area contributed by atoms with Crippen molar-refractivity contribution in [2.45, 2.75) is 39.3 Å². The predicted molar refractivity (Wildman–Crippen MR) is 70.4 cm³/mol. The fourth-order valence-corrected chi connectivity index (χ4v) is 1.75. The van der Waals surface area contributed by atoms with Gasteiger partial charge in [-0.2, -0.15) is 0 Å². The molecule has 2 N–H and O–H groups in total. The molecule has 0 aliphatic carbocycles. The number of carbonyl (C=O) groups is 1. The quantitative estimate of drug-likeness (QED) is 0.820. The first-order valence-electron chi connectivity index (χ1n) is 6.27. The van der Waals surface area contributed by atoms with Crippen LogP contribution in [0.4, 0.5) is 0 Å². The molecule has 17 heavy (non-hydrogen) atoms. The summed E-state index contributed by atoms with van der Waals surface area (Å²) < 4.78 is 0. The number of hydrogen-bond donors (Lipinski definition) is 1. The third-order valence-corrected chi connectivity index (χ3v) is 2.78. The molecule has 0 radical (unpaired) electrons. The molecule has 0 saturated heterocycles. The van der Waals surface area contributed by atoms with Crippen molar-refractivity contribution in [2.75, 3.05) is 6.54 Å². The zero-order valence-corrected chi connectivity index (χ0v) is 10.7. The second-order valence-electron chi connectivity index (χ2n) is 4.26. The zero-order chi connectivity index (χ0) is 12.7. The minimum absolute atomic E-state index is 0.0539. The summed E-state index contributed by atoms with van der Waals surface area (Å²) in [5, 5.41) is 0. The maximum absolute atomic E-state index is 12.1. The van der Waals surface area contributed by atoms with Gasteiger partial charge in [0.25, 0.3) is 0 Å². The molecule has 0 spiro atoms. The van der Waals surface area contributed by atoms with Crippen LogP contribution in [-0.2, 0) is 11.3 Å². The Morgan fingerprint density at radius 1 is 1.29 bits per heavy atom. The van der Waals surface area contributed by atoms with Gasteiger partial charge in [0.15, 0.2) is 0 Å². The van der Waals surface area contributed by atoms with E-state index in [0.29, 0.717) is 13.0 Å². The smallest absolute Gasteiger partial charge is 0.239 e. The van der Waals surface area contributed by atoms with Crippen LogP contribution in [0.5, 0.6) is 0 Å². The summed E-state index contributed by atoms with van der Waals surface area (Å²) in [4.78, 5) is 13.9. The standard InChI is InChI=1S/C14H22N2O/c1-3-10-16(14(17)13(15)4-2)11-12-8-6-5-7-9-12/h5-9,13H,3-4,10-11,15H2,1-2H3/t13-/m1/s1. The van der Waals surface area contributed by atoms with E-state index in [1.807, 2.05) is 42.2 Å². The summed E-state index contributed by atoms with van der Waals surface area (Å²) in [6.07, 6.45) is 1.64. The monoisotopic (exact) mass is 234 g/mol. The molecule has 0 aliphatic rings. The molecule has 0 fully saturated rings. The van der Waals surface area contributed by atoms with E-state index < -0.39 is 0 Å². The molecule has 3 heteroatoms. The van der Waals surface area contributed by atoms with Crippen LogP contribution < -0.4 is 5.73 Å². The van der Waals surface area contributed by atoms with Gasteiger partial charge in [0.1, 0.15) is 0 Å². The molecule has 94 valence electrons. The van der Waals surface area contributed by atoms with E-state index in [1.165, 1.54) is 0 Å². The molecule has 3 nitrogen and oxygen atoms in total. The minimum atomic E-state index is -0.370. The molecular weight excluding hydrogens is 212 g/mol. The number of nitrogens with zero attached hydrogens (tertiary/aromatic N) is 1. The van der Waals surface area contributed by atoms with Crippen molar-refractivity contribution in [1.82, 2.24) is 4.90 Å². The van der Waals surface area contributed by atoms with E-state index in [1.54, 1.807) is 0 Å². The average Bonchev–Trinajstić information content (AvgIpc) is 2.37. The van der Waals surface area contributed by atoms with Crippen LogP contribution in [0, 0.1) is 0 Å². The lowest BCUT2D eigenvalue weighted by molar-refractivity contribution is -0.133. The van der Waals surface area contributed by atoms with Gasteiger partial charge in [-0.15, -0.1) is 0 Å². The van der Waals surface area contributed by atoms with Gasteiger partial charge in [0, 0.05) is 13.1 Å². The summed E-state index contributed by atoms with van der Waals surface area (Å²) in [5.74, 6) is 0.0539. The van der Waals surface area contributed by atoms with Gasteiger partial charge >= 0.3 is 0 Å². The lowest BCUT2D eigenvalue weighted by atomic mass is 10.1. The highest BCUT2D eigenvalue weighted by Gasteiger charge is 2.18.